The molecule has 27 heavy (non-hydrogen) atoms. The van der Waals surface area contributed by atoms with Crippen LogP contribution < -0.4 is 4.74 Å². The van der Waals surface area contributed by atoms with Crippen LogP contribution in [0.15, 0.2) is 30.3 Å². The molecule has 3 nitrogen and oxygen atoms in total. The van der Waals surface area contributed by atoms with Crippen molar-refractivity contribution in [1.29, 1.82) is 0 Å². The average molecular weight is 372 g/mol. The van der Waals surface area contributed by atoms with Crippen LogP contribution in [0.2, 0.25) is 0 Å². The van der Waals surface area contributed by atoms with Gasteiger partial charge in [0.1, 0.15) is 11.3 Å². The summed E-state index contributed by atoms with van der Waals surface area (Å²) < 4.78 is 5.92. The van der Waals surface area contributed by atoms with Crippen molar-refractivity contribution in [2.75, 3.05) is 6.61 Å². The minimum absolute atomic E-state index is 0.163. The van der Waals surface area contributed by atoms with E-state index in [1.165, 1.54) is 63.5 Å². The van der Waals surface area contributed by atoms with Crippen LogP contribution in [0.3, 0.4) is 0 Å². The molecule has 1 aromatic carbocycles. The predicted octanol–water partition coefficient (Wildman–Crippen LogP) is 6.46. The highest BCUT2D eigenvalue weighted by Crippen LogP contribution is 2.25. The first-order chi connectivity index (χ1) is 13.2. The van der Waals surface area contributed by atoms with Gasteiger partial charge in [0.15, 0.2) is 0 Å². The molecular weight excluding hydrogens is 334 g/mol. The standard InChI is InChI=1S/C24H37NO2/c1-20(2)27-23-16-13-14-21-17-18-22(25-24(21)23)15-11-9-7-5-3-4-6-8-10-12-19-26/h13-14,16-18,20,26H,3-12,15,19H2,1-2H3. The second kappa shape index (κ2) is 12.7. The van der Waals surface area contributed by atoms with Gasteiger partial charge in [-0.1, -0.05) is 69.6 Å². The molecule has 1 aromatic heterocycles. The van der Waals surface area contributed by atoms with Gasteiger partial charge < -0.3 is 9.84 Å². The van der Waals surface area contributed by atoms with Crippen molar-refractivity contribution < 1.29 is 9.84 Å². The molecule has 2 aromatic rings. The Labute approximate surface area is 165 Å². The lowest BCUT2D eigenvalue weighted by atomic mass is 10.0. The molecule has 0 spiro atoms. The first-order valence-electron chi connectivity index (χ1n) is 10.9. The van der Waals surface area contributed by atoms with Crippen molar-refractivity contribution in [2.45, 2.75) is 90.6 Å². The number of aryl methyl sites for hydroxylation is 1. The number of pyridine rings is 1. The second-order valence-electron chi connectivity index (χ2n) is 7.81. The van der Waals surface area contributed by atoms with Gasteiger partial charge in [0, 0.05) is 17.7 Å². The zero-order valence-corrected chi connectivity index (χ0v) is 17.3. The van der Waals surface area contributed by atoms with Crippen LogP contribution >= 0.6 is 0 Å². The van der Waals surface area contributed by atoms with Gasteiger partial charge in [-0.15, -0.1) is 0 Å². The Morgan fingerprint density at radius 3 is 2.07 bits per heavy atom. The number of para-hydroxylation sites is 1. The molecule has 2 rings (SSSR count). The maximum absolute atomic E-state index is 8.76. The maximum atomic E-state index is 8.76. The summed E-state index contributed by atoms with van der Waals surface area (Å²) in [6.07, 6.45) is 13.8. The highest BCUT2D eigenvalue weighted by Gasteiger charge is 2.06. The molecule has 0 atom stereocenters. The molecule has 0 aliphatic rings. The van der Waals surface area contributed by atoms with E-state index in [-0.39, 0.29) is 6.10 Å². The molecule has 150 valence electrons. The van der Waals surface area contributed by atoms with Crippen LogP contribution in [0, 0.1) is 0 Å². The number of unbranched alkanes of at least 4 members (excludes halogenated alkanes) is 9. The molecule has 3 heteroatoms. The van der Waals surface area contributed by atoms with Gasteiger partial charge in [-0.3, -0.25) is 0 Å². The van der Waals surface area contributed by atoms with Crippen molar-refractivity contribution in [3.05, 3.63) is 36.0 Å². The molecule has 0 saturated carbocycles. The van der Waals surface area contributed by atoms with Gasteiger partial charge >= 0.3 is 0 Å². The number of aliphatic hydroxyl groups excluding tert-OH is 1. The summed E-state index contributed by atoms with van der Waals surface area (Å²) in [7, 11) is 0. The van der Waals surface area contributed by atoms with Crippen LogP contribution in [-0.2, 0) is 6.42 Å². The Kier molecular flexibility index (Phi) is 10.2. The molecule has 0 saturated heterocycles. The first kappa shape index (κ1) is 21.7. The van der Waals surface area contributed by atoms with E-state index in [1.54, 1.807) is 0 Å². The molecule has 1 N–H and O–H groups in total. The normalized spacial score (nSPS) is 11.4. The number of aromatic nitrogens is 1. The Hall–Kier alpha value is -1.61. The fraction of sp³-hybridized carbons (Fsp3) is 0.625. The third kappa shape index (κ3) is 8.30. The number of nitrogens with zero attached hydrogens (tertiary/aromatic N) is 1. The third-order valence-corrected chi connectivity index (χ3v) is 4.94. The van der Waals surface area contributed by atoms with E-state index < -0.39 is 0 Å². The lowest BCUT2D eigenvalue weighted by Gasteiger charge is -2.12. The Morgan fingerprint density at radius 1 is 0.815 bits per heavy atom. The molecule has 0 aliphatic carbocycles. The van der Waals surface area contributed by atoms with E-state index >= 15 is 0 Å². The molecule has 0 radical (unpaired) electrons. The maximum Gasteiger partial charge on any atom is 0.145 e. The average Bonchev–Trinajstić information content (AvgIpc) is 2.66. The van der Waals surface area contributed by atoms with Gasteiger partial charge in [-0.05, 0) is 45.2 Å². The molecule has 0 aliphatic heterocycles. The molecule has 0 amide bonds. The molecule has 0 unspecified atom stereocenters. The highest BCUT2D eigenvalue weighted by atomic mass is 16.5. The third-order valence-electron chi connectivity index (χ3n) is 4.94. The molecular formula is C24H37NO2. The number of hydrogen-bond donors (Lipinski definition) is 1. The fourth-order valence-electron chi connectivity index (χ4n) is 3.48. The van der Waals surface area contributed by atoms with Gasteiger partial charge in [-0.25, -0.2) is 4.98 Å². The number of hydrogen-bond acceptors (Lipinski definition) is 3. The smallest absolute Gasteiger partial charge is 0.145 e. The van der Waals surface area contributed by atoms with E-state index in [1.807, 2.05) is 12.1 Å². The largest absolute Gasteiger partial charge is 0.489 e. The van der Waals surface area contributed by atoms with Crippen LogP contribution in [0.4, 0.5) is 0 Å². The summed E-state index contributed by atoms with van der Waals surface area (Å²) in [4.78, 5) is 4.87. The second-order valence-corrected chi connectivity index (χ2v) is 7.81. The van der Waals surface area contributed by atoms with E-state index in [4.69, 9.17) is 14.8 Å². The van der Waals surface area contributed by atoms with Crippen LogP contribution in [0.5, 0.6) is 5.75 Å². The van der Waals surface area contributed by atoms with Crippen molar-refractivity contribution >= 4 is 10.9 Å². The quantitative estimate of drug-likeness (QED) is 0.388. The van der Waals surface area contributed by atoms with Crippen LogP contribution in [0.1, 0.15) is 83.7 Å². The number of rotatable bonds is 14. The molecule has 1 heterocycles. The summed E-state index contributed by atoms with van der Waals surface area (Å²) >= 11 is 0. The monoisotopic (exact) mass is 371 g/mol. The minimum atomic E-state index is 0.163. The summed E-state index contributed by atoms with van der Waals surface area (Å²) in [5.41, 5.74) is 2.16. The SMILES string of the molecule is CC(C)Oc1cccc2ccc(CCCCCCCCCCCCO)nc12. The zero-order valence-electron chi connectivity index (χ0n) is 17.3. The minimum Gasteiger partial charge on any atom is -0.489 e. The summed E-state index contributed by atoms with van der Waals surface area (Å²) in [6.45, 7) is 4.45. The molecule has 0 fully saturated rings. The van der Waals surface area contributed by atoms with Gasteiger partial charge in [-0.2, -0.15) is 0 Å². The van der Waals surface area contributed by atoms with Gasteiger partial charge in [0.2, 0.25) is 0 Å². The number of aliphatic hydroxyl groups is 1. The van der Waals surface area contributed by atoms with Crippen molar-refractivity contribution in [3.8, 4) is 5.75 Å². The van der Waals surface area contributed by atoms with Crippen molar-refractivity contribution in [2.24, 2.45) is 0 Å². The van der Waals surface area contributed by atoms with Gasteiger partial charge in [0.25, 0.3) is 0 Å². The zero-order chi connectivity index (χ0) is 19.3. The van der Waals surface area contributed by atoms with E-state index in [0.29, 0.717) is 6.61 Å². The van der Waals surface area contributed by atoms with E-state index in [9.17, 15) is 0 Å². The Bertz CT molecular complexity index is 654. The number of fused-ring (bicyclic) bond motifs is 1. The Balaban J connectivity index is 1.67. The number of benzene rings is 1. The van der Waals surface area contributed by atoms with E-state index in [0.717, 1.165) is 29.5 Å². The Morgan fingerprint density at radius 2 is 1.44 bits per heavy atom. The lowest BCUT2D eigenvalue weighted by molar-refractivity contribution is 0.245. The molecule has 0 bridgehead atoms. The highest BCUT2D eigenvalue weighted by molar-refractivity contribution is 5.84. The van der Waals surface area contributed by atoms with Crippen molar-refractivity contribution in [1.82, 2.24) is 4.98 Å². The predicted molar refractivity (Wildman–Crippen MR) is 114 cm³/mol. The summed E-state index contributed by atoms with van der Waals surface area (Å²) in [5, 5.41) is 9.91. The lowest BCUT2D eigenvalue weighted by Crippen LogP contribution is -2.06. The van der Waals surface area contributed by atoms with Gasteiger partial charge in [0.05, 0.1) is 6.10 Å². The van der Waals surface area contributed by atoms with Crippen molar-refractivity contribution in [3.63, 3.8) is 0 Å². The van der Waals surface area contributed by atoms with E-state index in [2.05, 4.69) is 32.0 Å². The number of ether oxygens (including phenoxy) is 1. The summed E-state index contributed by atoms with van der Waals surface area (Å²) in [6, 6.07) is 10.5. The fourth-order valence-corrected chi connectivity index (χ4v) is 3.48. The summed E-state index contributed by atoms with van der Waals surface area (Å²) in [5.74, 6) is 0.892. The first-order valence-corrected chi connectivity index (χ1v) is 10.9. The van der Waals surface area contributed by atoms with Crippen LogP contribution in [-0.4, -0.2) is 22.8 Å². The topological polar surface area (TPSA) is 42.4 Å². The van der Waals surface area contributed by atoms with Crippen LogP contribution in [0.25, 0.3) is 10.9 Å².